The standard InChI is InChI=1S/C25H38BrN3O7/c1-4-7-28(9-8-27-10-12-34-13-11-27)23(32)21-25-14-17(26)20(36-25)18(24(33)35-6-3)19(25)22(31)29(21)16(5-2)15-30/h4,16-21,30H,1,5-15H2,2-3H3/t16-,17?,18-,19-,20-,21?,25?/m0/s1. The van der Waals surface area contributed by atoms with Crippen LogP contribution in [0.25, 0.3) is 0 Å². The van der Waals surface area contributed by atoms with Crippen LogP contribution in [0.1, 0.15) is 26.7 Å². The molecule has 4 heterocycles. The summed E-state index contributed by atoms with van der Waals surface area (Å²) in [6, 6.07) is -1.50. The summed E-state index contributed by atoms with van der Waals surface area (Å²) in [6.45, 7) is 11.7. The molecule has 4 fully saturated rings. The highest BCUT2D eigenvalue weighted by molar-refractivity contribution is 9.09. The zero-order valence-corrected chi connectivity index (χ0v) is 22.7. The van der Waals surface area contributed by atoms with Crippen molar-refractivity contribution in [3.05, 3.63) is 12.7 Å². The summed E-state index contributed by atoms with van der Waals surface area (Å²) in [6.07, 6.45) is 2.02. The molecule has 4 aliphatic heterocycles. The number of halogens is 1. The van der Waals surface area contributed by atoms with Gasteiger partial charge in [-0.15, -0.1) is 6.58 Å². The van der Waals surface area contributed by atoms with E-state index in [4.69, 9.17) is 14.2 Å². The molecule has 4 rings (SSSR count). The summed E-state index contributed by atoms with van der Waals surface area (Å²) in [5, 5.41) is 10.2. The molecule has 0 radical (unpaired) electrons. The average molecular weight is 572 g/mol. The van der Waals surface area contributed by atoms with Crippen LogP contribution >= 0.6 is 15.9 Å². The van der Waals surface area contributed by atoms with Crippen molar-refractivity contribution in [3.63, 3.8) is 0 Å². The maximum atomic E-state index is 14.3. The van der Waals surface area contributed by atoms with Crippen molar-refractivity contribution in [2.24, 2.45) is 11.8 Å². The first-order chi connectivity index (χ1) is 17.3. The van der Waals surface area contributed by atoms with E-state index >= 15 is 0 Å². The first-order valence-electron chi connectivity index (χ1n) is 13.0. The highest BCUT2D eigenvalue weighted by Crippen LogP contribution is 2.60. The van der Waals surface area contributed by atoms with Crippen molar-refractivity contribution in [1.29, 1.82) is 0 Å². The van der Waals surface area contributed by atoms with Crippen molar-refractivity contribution in [3.8, 4) is 0 Å². The molecule has 1 N–H and O–H groups in total. The number of aliphatic hydroxyl groups excluding tert-OH is 1. The Balaban J connectivity index is 1.68. The Morgan fingerprint density at radius 1 is 1.36 bits per heavy atom. The van der Waals surface area contributed by atoms with Crippen molar-refractivity contribution in [2.75, 3.05) is 59.2 Å². The number of rotatable bonds is 11. The monoisotopic (exact) mass is 571 g/mol. The number of carbonyl (C=O) groups excluding carboxylic acids is 3. The lowest BCUT2D eigenvalue weighted by atomic mass is 9.70. The SMILES string of the molecule is C=CCN(CCN1CCOCC1)C(=O)C1N([C@@H](CC)CO)C(=O)[C@@H]2[C@H](C(=O)OCC)[C@H]3OC12CC3Br. The molecule has 10 nitrogen and oxygen atoms in total. The fourth-order valence-electron chi connectivity index (χ4n) is 6.37. The molecule has 1 spiro atoms. The quantitative estimate of drug-likeness (QED) is 0.216. The number of ether oxygens (including phenoxy) is 3. The normalized spacial score (nSPS) is 34.5. The lowest BCUT2D eigenvalue weighted by Gasteiger charge is -2.39. The number of morpholine rings is 1. The molecule has 4 saturated heterocycles. The molecule has 0 aromatic heterocycles. The molecule has 202 valence electrons. The van der Waals surface area contributed by atoms with Gasteiger partial charge in [0.25, 0.3) is 0 Å². The van der Waals surface area contributed by atoms with Crippen LogP contribution < -0.4 is 0 Å². The number of aliphatic hydroxyl groups is 1. The van der Waals surface area contributed by atoms with Crippen molar-refractivity contribution in [1.82, 2.24) is 14.7 Å². The fourth-order valence-corrected chi connectivity index (χ4v) is 7.31. The second-order valence-corrected chi connectivity index (χ2v) is 11.1. The number of amides is 2. The molecule has 2 bridgehead atoms. The van der Waals surface area contributed by atoms with Gasteiger partial charge in [0.1, 0.15) is 11.6 Å². The van der Waals surface area contributed by atoms with Gasteiger partial charge in [-0.05, 0) is 19.8 Å². The number of likely N-dealkylation sites (tertiary alicyclic amines) is 1. The van der Waals surface area contributed by atoms with Crippen molar-refractivity contribution in [2.45, 2.75) is 55.3 Å². The molecule has 0 aliphatic carbocycles. The van der Waals surface area contributed by atoms with Crippen molar-refractivity contribution >= 4 is 33.7 Å². The van der Waals surface area contributed by atoms with Crippen LogP contribution in [0.2, 0.25) is 0 Å². The van der Waals surface area contributed by atoms with Gasteiger partial charge in [0, 0.05) is 37.6 Å². The highest BCUT2D eigenvalue weighted by atomic mass is 79.9. The zero-order chi connectivity index (χ0) is 26.0. The van der Waals surface area contributed by atoms with E-state index in [1.54, 1.807) is 17.9 Å². The van der Waals surface area contributed by atoms with E-state index in [9.17, 15) is 19.5 Å². The highest BCUT2D eigenvalue weighted by Gasteiger charge is 2.77. The van der Waals surface area contributed by atoms with Gasteiger partial charge in [0.15, 0.2) is 0 Å². The van der Waals surface area contributed by atoms with Gasteiger partial charge in [-0.1, -0.05) is 28.9 Å². The minimum Gasteiger partial charge on any atom is -0.466 e. The van der Waals surface area contributed by atoms with E-state index in [1.165, 1.54) is 4.90 Å². The molecule has 0 aromatic rings. The van der Waals surface area contributed by atoms with E-state index in [1.807, 2.05) is 6.92 Å². The van der Waals surface area contributed by atoms with Crippen LogP contribution in [-0.2, 0) is 28.6 Å². The fraction of sp³-hybridized carbons (Fsp3) is 0.800. The maximum Gasteiger partial charge on any atom is 0.312 e. The summed E-state index contributed by atoms with van der Waals surface area (Å²) < 4.78 is 17.2. The van der Waals surface area contributed by atoms with Gasteiger partial charge in [0.2, 0.25) is 11.8 Å². The molecule has 4 aliphatic rings. The largest absolute Gasteiger partial charge is 0.466 e. The Morgan fingerprint density at radius 2 is 2.08 bits per heavy atom. The molecule has 0 saturated carbocycles. The smallest absolute Gasteiger partial charge is 0.312 e. The third-order valence-corrected chi connectivity index (χ3v) is 8.89. The van der Waals surface area contributed by atoms with Gasteiger partial charge in [-0.2, -0.15) is 0 Å². The Kier molecular flexibility index (Phi) is 8.76. The summed E-state index contributed by atoms with van der Waals surface area (Å²) in [4.78, 5) is 46.5. The molecule has 7 atom stereocenters. The number of hydrogen-bond acceptors (Lipinski definition) is 8. The minimum atomic E-state index is -1.16. The van der Waals surface area contributed by atoms with E-state index < -0.39 is 41.6 Å². The molecule has 36 heavy (non-hydrogen) atoms. The number of alkyl halides is 1. The molecular formula is C25H38BrN3O7. The lowest BCUT2D eigenvalue weighted by Crippen LogP contribution is -2.59. The summed E-state index contributed by atoms with van der Waals surface area (Å²) in [7, 11) is 0. The Bertz CT molecular complexity index is 850. The predicted octanol–water partition coefficient (Wildman–Crippen LogP) is 0.415. The van der Waals surface area contributed by atoms with E-state index in [-0.39, 0.29) is 29.9 Å². The van der Waals surface area contributed by atoms with Crippen LogP contribution in [0.3, 0.4) is 0 Å². The summed E-state index contributed by atoms with van der Waals surface area (Å²) >= 11 is 3.65. The van der Waals surface area contributed by atoms with Crippen LogP contribution in [0.15, 0.2) is 12.7 Å². The Labute approximate surface area is 221 Å². The number of hydrogen-bond donors (Lipinski definition) is 1. The van der Waals surface area contributed by atoms with Gasteiger partial charge in [0.05, 0.1) is 50.4 Å². The molecule has 0 aromatic carbocycles. The zero-order valence-electron chi connectivity index (χ0n) is 21.1. The van der Waals surface area contributed by atoms with Crippen LogP contribution in [0.5, 0.6) is 0 Å². The molecule has 2 amide bonds. The Morgan fingerprint density at radius 3 is 2.69 bits per heavy atom. The minimum absolute atomic E-state index is 0.192. The molecule has 11 heteroatoms. The molecule has 3 unspecified atom stereocenters. The van der Waals surface area contributed by atoms with Gasteiger partial charge >= 0.3 is 5.97 Å². The van der Waals surface area contributed by atoms with Crippen LogP contribution in [0.4, 0.5) is 0 Å². The third-order valence-electron chi connectivity index (χ3n) is 8.05. The van der Waals surface area contributed by atoms with Crippen LogP contribution in [0, 0.1) is 11.8 Å². The first-order valence-corrected chi connectivity index (χ1v) is 13.9. The first kappa shape index (κ1) is 27.5. The maximum absolute atomic E-state index is 14.3. The number of nitrogens with zero attached hydrogens (tertiary/aromatic N) is 3. The van der Waals surface area contributed by atoms with Crippen molar-refractivity contribution < 1.29 is 33.7 Å². The summed E-state index contributed by atoms with van der Waals surface area (Å²) in [5.74, 6) is -2.66. The lowest BCUT2D eigenvalue weighted by molar-refractivity contribution is -0.156. The van der Waals surface area contributed by atoms with E-state index in [0.29, 0.717) is 45.7 Å². The van der Waals surface area contributed by atoms with E-state index in [0.717, 1.165) is 13.1 Å². The number of esters is 1. The van der Waals surface area contributed by atoms with E-state index in [2.05, 4.69) is 27.4 Å². The Hall–Kier alpha value is -1.53. The number of fused-ring (bicyclic) bond motifs is 1. The predicted molar refractivity (Wildman–Crippen MR) is 134 cm³/mol. The average Bonchev–Trinajstić information content (AvgIpc) is 3.47. The third kappa shape index (κ3) is 4.62. The summed E-state index contributed by atoms with van der Waals surface area (Å²) in [5.41, 5.74) is -1.16. The second kappa shape index (κ2) is 11.5. The second-order valence-electron chi connectivity index (χ2n) is 9.93. The molecular weight excluding hydrogens is 534 g/mol. The topological polar surface area (TPSA) is 109 Å². The van der Waals surface area contributed by atoms with Crippen LogP contribution in [-0.4, -0.2) is 125 Å². The van der Waals surface area contributed by atoms with Gasteiger partial charge < -0.3 is 29.1 Å². The van der Waals surface area contributed by atoms with Gasteiger partial charge in [-0.25, -0.2) is 0 Å². The van der Waals surface area contributed by atoms with Gasteiger partial charge in [-0.3, -0.25) is 19.3 Å². The number of carbonyl (C=O) groups is 3.